The molecule has 3 amide bonds. The number of aromatic hydroxyl groups is 1. The summed E-state index contributed by atoms with van der Waals surface area (Å²) in [4.78, 5) is 42.7. The van der Waals surface area contributed by atoms with Gasteiger partial charge in [0.15, 0.2) is 0 Å². The Balaban J connectivity index is 2.55. The number of phenolic OH excluding ortho intramolecular Hbond substituents is 1. The smallest absolute Gasteiger partial charge is 0.408 e. The molecule has 3 N–H and O–H groups in total. The molecule has 0 bridgehead atoms. The van der Waals surface area contributed by atoms with Crippen LogP contribution in [0.1, 0.15) is 96.4 Å². The minimum Gasteiger partial charge on any atom is -0.507 e. The zero-order chi connectivity index (χ0) is 30.6. The molecule has 0 heterocycles. The molecule has 0 aliphatic rings. The molecule has 0 aromatic heterocycles. The van der Waals surface area contributed by atoms with Crippen molar-refractivity contribution < 1.29 is 24.2 Å². The molecule has 2 aromatic rings. The highest BCUT2D eigenvalue weighted by atomic mass is 16.6. The van der Waals surface area contributed by atoms with Gasteiger partial charge in [-0.15, -0.1) is 0 Å². The Morgan fingerprint density at radius 2 is 1.66 bits per heavy atom. The molecule has 41 heavy (non-hydrogen) atoms. The maximum Gasteiger partial charge on any atom is 0.408 e. The lowest BCUT2D eigenvalue weighted by molar-refractivity contribution is -0.143. The number of aryl methyl sites for hydroxylation is 1. The number of phenols is 1. The molecule has 3 atom stereocenters. The number of nitrogens with one attached hydrogen (secondary N) is 2. The van der Waals surface area contributed by atoms with Crippen molar-refractivity contribution in [3.05, 3.63) is 65.2 Å². The van der Waals surface area contributed by atoms with Crippen molar-refractivity contribution in [1.29, 1.82) is 0 Å². The fourth-order valence-electron chi connectivity index (χ4n) is 4.61. The Morgan fingerprint density at radius 1 is 0.976 bits per heavy atom. The fourth-order valence-corrected chi connectivity index (χ4v) is 4.61. The Morgan fingerprint density at radius 3 is 2.27 bits per heavy atom. The molecule has 0 aliphatic heterocycles. The molecule has 226 valence electrons. The largest absolute Gasteiger partial charge is 0.507 e. The molecule has 0 saturated carbocycles. The van der Waals surface area contributed by atoms with Crippen molar-refractivity contribution in [2.75, 3.05) is 6.54 Å². The monoisotopic (exact) mass is 567 g/mol. The molecule has 0 radical (unpaired) electrons. The van der Waals surface area contributed by atoms with Crippen molar-refractivity contribution >= 4 is 17.9 Å². The summed E-state index contributed by atoms with van der Waals surface area (Å²) in [5, 5.41) is 16.9. The first kappa shape index (κ1) is 33.7. The van der Waals surface area contributed by atoms with Crippen LogP contribution in [0.2, 0.25) is 0 Å². The van der Waals surface area contributed by atoms with Crippen LogP contribution in [-0.4, -0.2) is 46.1 Å². The Labute approximate surface area is 245 Å². The van der Waals surface area contributed by atoms with E-state index in [2.05, 4.69) is 17.6 Å². The fraction of sp³-hybridized carbons (Fsp3) is 0.545. The number of alkyl carbamates (subject to hydrolysis) is 1. The SMILES string of the molecule is CCCCCCN(C(=O)C(NC(=O)OC(C)(C)C)C(C)CC)C(C(=O)NCc1ccccc1)c1cccc(C)c1O. The lowest BCUT2D eigenvalue weighted by Crippen LogP contribution is -2.55. The number of amides is 3. The van der Waals surface area contributed by atoms with E-state index in [1.54, 1.807) is 45.9 Å². The first-order chi connectivity index (χ1) is 19.4. The number of unbranched alkanes of at least 4 members (excludes halogenated alkanes) is 3. The number of ether oxygens (including phenoxy) is 1. The summed E-state index contributed by atoms with van der Waals surface area (Å²) < 4.78 is 5.48. The average Bonchev–Trinajstić information content (AvgIpc) is 2.93. The van der Waals surface area contributed by atoms with Gasteiger partial charge in [-0.05, 0) is 51.2 Å². The Hall–Kier alpha value is -3.55. The summed E-state index contributed by atoms with van der Waals surface area (Å²) in [6, 6.07) is 12.7. The third-order valence-corrected chi connectivity index (χ3v) is 7.12. The molecule has 2 aromatic carbocycles. The minimum absolute atomic E-state index is 0.0288. The van der Waals surface area contributed by atoms with Crippen molar-refractivity contribution in [1.82, 2.24) is 15.5 Å². The first-order valence-electron chi connectivity index (χ1n) is 14.8. The van der Waals surface area contributed by atoms with Crippen LogP contribution in [0.25, 0.3) is 0 Å². The summed E-state index contributed by atoms with van der Waals surface area (Å²) in [6.45, 7) is 13.6. The number of benzene rings is 2. The molecule has 0 saturated heterocycles. The van der Waals surface area contributed by atoms with Crippen LogP contribution in [0.5, 0.6) is 5.75 Å². The van der Waals surface area contributed by atoms with Crippen LogP contribution < -0.4 is 10.6 Å². The van der Waals surface area contributed by atoms with Crippen LogP contribution in [0, 0.1) is 12.8 Å². The number of para-hydroxylation sites is 1. The van der Waals surface area contributed by atoms with Gasteiger partial charge < -0.3 is 25.4 Å². The number of hydrogen-bond donors (Lipinski definition) is 3. The summed E-state index contributed by atoms with van der Waals surface area (Å²) >= 11 is 0. The van der Waals surface area contributed by atoms with Gasteiger partial charge in [-0.25, -0.2) is 4.79 Å². The third-order valence-electron chi connectivity index (χ3n) is 7.12. The standard InChI is InChI=1S/C33H49N3O5/c1-8-10-11-15-21-36(31(39)27(23(3)9-2)35-32(40)41-33(5,6)7)28(26-20-16-17-24(4)29(26)37)30(38)34-22-25-18-13-12-14-19-25/h12-14,16-20,23,27-28,37H,8-11,15,21-22H2,1-7H3,(H,34,38)(H,35,40). The van der Waals surface area contributed by atoms with Gasteiger partial charge >= 0.3 is 6.09 Å². The van der Waals surface area contributed by atoms with Gasteiger partial charge in [0.1, 0.15) is 23.4 Å². The summed E-state index contributed by atoms with van der Waals surface area (Å²) in [5.74, 6) is -1.05. The van der Waals surface area contributed by atoms with Gasteiger partial charge in [0.05, 0.1) is 0 Å². The molecular weight excluding hydrogens is 518 g/mol. The first-order valence-corrected chi connectivity index (χ1v) is 14.8. The Bertz CT molecular complexity index is 1130. The Kier molecular flexibility index (Phi) is 13.2. The predicted octanol–water partition coefficient (Wildman–Crippen LogP) is 6.41. The highest BCUT2D eigenvalue weighted by Gasteiger charge is 2.39. The number of rotatable bonds is 14. The summed E-state index contributed by atoms with van der Waals surface area (Å²) in [7, 11) is 0. The topological polar surface area (TPSA) is 108 Å². The average molecular weight is 568 g/mol. The van der Waals surface area contributed by atoms with E-state index in [1.807, 2.05) is 44.2 Å². The maximum atomic E-state index is 14.4. The quantitative estimate of drug-likeness (QED) is 0.229. The van der Waals surface area contributed by atoms with E-state index < -0.39 is 29.7 Å². The molecule has 0 aliphatic carbocycles. The van der Waals surface area contributed by atoms with E-state index in [4.69, 9.17) is 4.74 Å². The molecule has 0 fully saturated rings. The van der Waals surface area contributed by atoms with E-state index in [-0.39, 0.29) is 24.1 Å². The van der Waals surface area contributed by atoms with E-state index in [9.17, 15) is 19.5 Å². The van der Waals surface area contributed by atoms with Crippen molar-refractivity contribution in [3.8, 4) is 5.75 Å². The van der Waals surface area contributed by atoms with E-state index >= 15 is 0 Å². The molecule has 8 nitrogen and oxygen atoms in total. The predicted molar refractivity (Wildman–Crippen MR) is 162 cm³/mol. The number of carbonyl (C=O) groups is 3. The summed E-state index contributed by atoms with van der Waals surface area (Å²) in [5.41, 5.74) is 1.13. The van der Waals surface area contributed by atoms with Crippen LogP contribution >= 0.6 is 0 Å². The van der Waals surface area contributed by atoms with Gasteiger partial charge in [-0.2, -0.15) is 0 Å². The van der Waals surface area contributed by atoms with Crippen molar-refractivity contribution in [2.24, 2.45) is 5.92 Å². The van der Waals surface area contributed by atoms with Gasteiger partial charge in [-0.3, -0.25) is 9.59 Å². The van der Waals surface area contributed by atoms with Crippen molar-refractivity contribution in [3.63, 3.8) is 0 Å². The number of hydrogen-bond acceptors (Lipinski definition) is 5. The molecule has 2 rings (SSSR count). The van der Waals surface area contributed by atoms with Crippen LogP contribution in [-0.2, 0) is 20.9 Å². The second-order valence-corrected chi connectivity index (χ2v) is 11.7. The molecule has 8 heteroatoms. The lowest BCUT2D eigenvalue weighted by atomic mass is 9.94. The highest BCUT2D eigenvalue weighted by molar-refractivity contribution is 5.92. The van der Waals surface area contributed by atoms with Crippen LogP contribution in [0.3, 0.4) is 0 Å². The third kappa shape index (κ3) is 10.4. The number of carbonyl (C=O) groups excluding carboxylic acids is 3. The van der Waals surface area contributed by atoms with Gasteiger partial charge in [0.2, 0.25) is 11.8 Å². The minimum atomic E-state index is -1.10. The highest BCUT2D eigenvalue weighted by Crippen LogP contribution is 2.33. The van der Waals surface area contributed by atoms with Crippen molar-refractivity contribution in [2.45, 2.75) is 105 Å². The lowest BCUT2D eigenvalue weighted by Gasteiger charge is -2.36. The second-order valence-electron chi connectivity index (χ2n) is 11.7. The van der Waals surface area contributed by atoms with E-state index in [0.29, 0.717) is 30.5 Å². The second kappa shape index (κ2) is 16.0. The van der Waals surface area contributed by atoms with E-state index in [0.717, 1.165) is 24.8 Å². The van der Waals surface area contributed by atoms with Gasteiger partial charge in [0.25, 0.3) is 0 Å². The zero-order valence-corrected chi connectivity index (χ0v) is 25.8. The van der Waals surface area contributed by atoms with Gasteiger partial charge in [-0.1, -0.05) is 95.0 Å². The maximum absolute atomic E-state index is 14.4. The van der Waals surface area contributed by atoms with Gasteiger partial charge in [0, 0.05) is 18.7 Å². The summed E-state index contributed by atoms with van der Waals surface area (Å²) in [6.07, 6.45) is 3.50. The molecular formula is C33H49N3O5. The number of nitrogens with zero attached hydrogens (tertiary/aromatic N) is 1. The zero-order valence-electron chi connectivity index (χ0n) is 25.8. The van der Waals surface area contributed by atoms with Crippen LogP contribution in [0.4, 0.5) is 4.79 Å². The molecule has 3 unspecified atom stereocenters. The van der Waals surface area contributed by atoms with Crippen LogP contribution in [0.15, 0.2) is 48.5 Å². The normalized spacial score (nSPS) is 13.5. The molecule has 0 spiro atoms. The van der Waals surface area contributed by atoms with E-state index in [1.165, 1.54) is 4.90 Å².